The minimum atomic E-state index is -0.0185. The molecule has 0 saturated carbocycles. The minimum Gasteiger partial charge on any atom is -0.497 e. The van der Waals surface area contributed by atoms with Crippen molar-refractivity contribution in [3.8, 4) is 11.4 Å². The van der Waals surface area contributed by atoms with Crippen molar-refractivity contribution in [2.45, 2.75) is 19.3 Å². The van der Waals surface area contributed by atoms with Gasteiger partial charge in [-0.15, -0.1) is 21.5 Å². The van der Waals surface area contributed by atoms with Crippen LogP contribution in [0.2, 0.25) is 0 Å². The van der Waals surface area contributed by atoms with Crippen LogP contribution in [0, 0.1) is 0 Å². The van der Waals surface area contributed by atoms with Gasteiger partial charge in [0.2, 0.25) is 5.78 Å². The van der Waals surface area contributed by atoms with E-state index < -0.39 is 0 Å². The van der Waals surface area contributed by atoms with Gasteiger partial charge in [0.05, 0.1) is 18.2 Å². The Hall–Kier alpha value is -2.67. The lowest BCUT2D eigenvalue weighted by Crippen LogP contribution is -2.21. The van der Waals surface area contributed by atoms with Crippen LogP contribution in [0.5, 0.6) is 5.75 Å². The average Bonchev–Trinajstić information content (AvgIpc) is 3.30. The molecule has 7 heteroatoms. The highest BCUT2D eigenvalue weighted by atomic mass is 32.1. The normalized spacial score (nSPS) is 13.7. The van der Waals surface area contributed by atoms with E-state index in [1.165, 1.54) is 10.4 Å². The van der Waals surface area contributed by atoms with Gasteiger partial charge in [0.15, 0.2) is 0 Å². The highest BCUT2D eigenvalue weighted by Crippen LogP contribution is 2.36. The molecular weight excluding hydrogens is 324 g/mol. The van der Waals surface area contributed by atoms with Gasteiger partial charge in [0, 0.05) is 4.88 Å². The number of nitrogens with zero attached hydrogens (tertiary/aromatic N) is 4. The van der Waals surface area contributed by atoms with E-state index in [9.17, 15) is 4.79 Å². The number of benzene rings is 1. The molecule has 3 heterocycles. The van der Waals surface area contributed by atoms with E-state index in [4.69, 9.17) is 4.74 Å². The van der Waals surface area contributed by atoms with E-state index in [-0.39, 0.29) is 5.56 Å². The lowest BCUT2D eigenvalue weighted by molar-refractivity contribution is 0.414. The third kappa shape index (κ3) is 1.73. The van der Waals surface area contributed by atoms with E-state index in [1.54, 1.807) is 29.3 Å². The summed E-state index contributed by atoms with van der Waals surface area (Å²) >= 11 is 1.69. The first-order valence-electron chi connectivity index (χ1n) is 7.81. The monoisotopic (exact) mass is 338 g/mol. The van der Waals surface area contributed by atoms with Gasteiger partial charge >= 0.3 is 0 Å². The van der Waals surface area contributed by atoms with E-state index >= 15 is 0 Å². The molecule has 3 aromatic heterocycles. The Labute approximate surface area is 140 Å². The average molecular weight is 338 g/mol. The summed E-state index contributed by atoms with van der Waals surface area (Å²) in [6.45, 7) is 0. The molecule has 1 aliphatic carbocycles. The number of fused-ring (bicyclic) bond motifs is 5. The van der Waals surface area contributed by atoms with Crippen molar-refractivity contribution < 1.29 is 4.74 Å². The second-order valence-corrected chi connectivity index (χ2v) is 6.96. The van der Waals surface area contributed by atoms with Crippen LogP contribution >= 0.6 is 11.3 Å². The summed E-state index contributed by atoms with van der Waals surface area (Å²) in [5, 5.41) is 9.03. The minimum absolute atomic E-state index is 0.0185. The zero-order valence-electron chi connectivity index (χ0n) is 13.0. The van der Waals surface area contributed by atoms with Crippen LogP contribution in [0.3, 0.4) is 0 Å². The third-order valence-corrected chi connectivity index (χ3v) is 5.89. The number of ether oxygens (including phenoxy) is 1. The molecule has 0 amide bonds. The smallest absolute Gasteiger partial charge is 0.268 e. The van der Waals surface area contributed by atoms with E-state index in [2.05, 4.69) is 10.2 Å². The molecule has 0 unspecified atom stereocenters. The molecule has 5 rings (SSSR count). The van der Waals surface area contributed by atoms with Gasteiger partial charge in [-0.05, 0) is 49.1 Å². The molecule has 0 N–H and O–H groups in total. The Morgan fingerprint density at radius 2 is 2.04 bits per heavy atom. The van der Waals surface area contributed by atoms with Crippen molar-refractivity contribution in [3.63, 3.8) is 0 Å². The van der Waals surface area contributed by atoms with Crippen molar-refractivity contribution >= 4 is 27.3 Å². The number of thiophene rings is 1. The molecule has 1 aliphatic rings. The third-order valence-electron chi connectivity index (χ3n) is 4.60. The Balaban J connectivity index is 1.91. The van der Waals surface area contributed by atoms with Crippen LogP contribution in [-0.4, -0.2) is 26.3 Å². The second kappa shape index (κ2) is 4.91. The number of aromatic nitrogens is 4. The summed E-state index contributed by atoms with van der Waals surface area (Å²) in [6.07, 6.45) is 4.84. The molecular formula is C17H14N4O2S. The lowest BCUT2D eigenvalue weighted by atomic mass is 10.2. The highest BCUT2D eigenvalue weighted by molar-refractivity contribution is 7.19. The van der Waals surface area contributed by atoms with Crippen molar-refractivity contribution in [2.24, 2.45) is 0 Å². The first kappa shape index (κ1) is 13.7. The zero-order valence-corrected chi connectivity index (χ0v) is 13.8. The summed E-state index contributed by atoms with van der Waals surface area (Å²) in [5.41, 5.74) is 1.95. The number of methoxy groups -OCH3 is 1. The first-order valence-corrected chi connectivity index (χ1v) is 8.63. The standard InChI is InChI=1S/C17H14N4O2S/c1-23-11-7-5-10(6-8-11)21-15(22)14-12-3-2-4-13(12)24-16(14)20-9-18-19-17(20)21/h5-9H,2-4H2,1H3. The molecule has 0 saturated heterocycles. The number of hydrogen-bond acceptors (Lipinski definition) is 5. The fraction of sp³-hybridized carbons (Fsp3) is 0.235. The molecule has 0 spiro atoms. The molecule has 0 radical (unpaired) electrons. The van der Waals surface area contributed by atoms with Crippen LogP contribution < -0.4 is 10.3 Å². The summed E-state index contributed by atoms with van der Waals surface area (Å²) in [4.78, 5) is 15.6. The van der Waals surface area contributed by atoms with Crippen LogP contribution in [-0.2, 0) is 12.8 Å². The first-order chi connectivity index (χ1) is 11.8. The Morgan fingerprint density at radius 3 is 2.83 bits per heavy atom. The maximum Gasteiger partial charge on any atom is 0.268 e. The largest absolute Gasteiger partial charge is 0.497 e. The fourth-order valence-corrected chi connectivity index (χ4v) is 4.82. The molecule has 0 aliphatic heterocycles. The lowest BCUT2D eigenvalue weighted by Gasteiger charge is -2.09. The topological polar surface area (TPSA) is 61.4 Å². The van der Waals surface area contributed by atoms with Gasteiger partial charge in [0.1, 0.15) is 16.9 Å². The van der Waals surface area contributed by atoms with Gasteiger partial charge in [0.25, 0.3) is 5.56 Å². The summed E-state index contributed by atoms with van der Waals surface area (Å²) in [5.74, 6) is 1.29. The van der Waals surface area contributed by atoms with Gasteiger partial charge in [-0.2, -0.15) is 0 Å². The van der Waals surface area contributed by atoms with Crippen LogP contribution in [0.1, 0.15) is 16.9 Å². The van der Waals surface area contributed by atoms with Crippen molar-refractivity contribution in [1.29, 1.82) is 0 Å². The SMILES string of the molecule is COc1ccc(-n2c(=O)c3c4c(sc3n3cnnc23)CCC4)cc1. The zero-order chi connectivity index (χ0) is 16.3. The molecule has 0 bridgehead atoms. The predicted molar refractivity (Wildman–Crippen MR) is 92.5 cm³/mol. The quantitative estimate of drug-likeness (QED) is 0.564. The molecule has 4 aromatic rings. The highest BCUT2D eigenvalue weighted by Gasteiger charge is 2.24. The Kier molecular flexibility index (Phi) is 2.81. The van der Waals surface area contributed by atoms with E-state index in [0.29, 0.717) is 5.78 Å². The molecule has 1 aromatic carbocycles. The van der Waals surface area contributed by atoms with Crippen LogP contribution in [0.4, 0.5) is 0 Å². The summed E-state index contributed by atoms with van der Waals surface area (Å²) < 4.78 is 8.77. The van der Waals surface area contributed by atoms with Crippen LogP contribution in [0.25, 0.3) is 21.7 Å². The Morgan fingerprint density at radius 1 is 1.21 bits per heavy atom. The van der Waals surface area contributed by atoms with Crippen molar-refractivity contribution in [3.05, 3.63) is 51.4 Å². The number of rotatable bonds is 2. The van der Waals surface area contributed by atoms with Gasteiger partial charge in [-0.3, -0.25) is 9.20 Å². The van der Waals surface area contributed by atoms with Gasteiger partial charge < -0.3 is 4.74 Å². The predicted octanol–water partition coefficient (Wildman–Crippen LogP) is 2.59. The number of hydrogen-bond donors (Lipinski definition) is 0. The van der Waals surface area contributed by atoms with Gasteiger partial charge in [-0.25, -0.2) is 4.57 Å². The fourth-order valence-electron chi connectivity index (χ4n) is 3.47. The maximum atomic E-state index is 13.3. The summed E-state index contributed by atoms with van der Waals surface area (Å²) in [6, 6.07) is 7.43. The van der Waals surface area contributed by atoms with Crippen molar-refractivity contribution in [1.82, 2.24) is 19.2 Å². The molecule has 24 heavy (non-hydrogen) atoms. The van der Waals surface area contributed by atoms with E-state index in [0.717, 1.165) is 40.9 Å². The second-order valence-electron chi connectivity index (χ2n) is 5.88. The maximum absolute atomic E-state index is 13.3. The summed E-state index contributed by atoms with van der Waals surface area (Å²) in [7, 11) is 1.62. The van der Waals surface area contributed by atoms with E-state index in [1.807, 2.05) is 28.7 Å². The Bertz CT molecular complexity index is 1140. The van der Waals surface area contributed by atoms with Gasteiger partial charge in [-0.1, -0.05) is 0 Å². The van der Waals surface area contributed by atoms with Crippen LogP contribution in [0.15, 0.2) is 35.4 Å². The number of aryl methyl sites for hydroxylation is 2. The molecule has 120 valence electrons. The molecule has 0 fully saturated rings. The molecule has 6 nitrogen and oxygen atoms in total. The molecule has 0 atom stereocenters. The van der Waals surface area contributed by atoms with Crippen molar-refractivity contribution in [2.75, 3.05) is 7.11 Å².